The van der Waals surface area contributed by atoms with Crippen LogP contribution in [-0.4, -0.2) is 56.4 Å². The van der Waals surface area contributed by atoms with Crippen LogP contribution in [-0.2, 0) is 4.79 Å². The van der Waals surface area contributed by atoms with E-state index in [1.54, 1.807) is 0 Å². The standard InChI is InChI=1S/C6H6Cl6.C5H9NO2/c7-1-2(8)4(10)6(12)5(11)3(1)9;1-2-5(8)6-3-4-7/h1-6H;2,7H,1,3-4H2,(H,6,8). The number of rotatable bonds is 3. The van der Waals surface area contributed by atoms with E-state index in [2.05, 4.69) is 11.9 Å². The number of carbonyl (C=O) groups is 1. The van der Waals surface area contributed by atoms with E-state index < -0.39 is 32.3 Å². The van der Waals surface area contributed by atoms with Crippen LogP contribution in [0.5, 0.6) is 0 Å². The molecule has 0 aliphatic heterocycles. The number of nitrogens with one attached hydrogen (secondary N) is 1. The Bertz CT molecular complexity index is 261. The second kappa shape index (κ2) is 10.6. The van der Waals surface area contributed by atoms with Crippen molar-refractivity contribution in [3.05, 3.63) is 12.7 Å². The topological polar surface area (TPSA) is 49.3 Å². The lowest BCUT2D eigenvalue weighted by Gasteiger charge is -2.37. The van der Waals surface area contributed by atoms with Gasteiger partial charge in [0.2, 0.25) is 5.91 Å². The molecule has 0 spiro atoms. The third-order valence-corrected chi connectivity index (χ3v) is 6.45. The van der Waals surface area contributed by atoms with Crippen molar-refractivity contribution in [2.75, 3.05) is 13.2 Å². The number of hydrogen-bond donors (Lipinski definition) is 2. The van der Waals surface area contributed by atoms with E-state index >= 15 is 0 Å². The van der Waals surface area contributed by atoms with Gasteiger partial charge in [-0.15, -0.1) is 69.6 Å². The molecule has 1 fully saturated rings. The molecule has 0 bridgehead atoms. The summed E-state index contributed by atoms with van der Waals surface area (Å²) in [5.41, 5.74) is 0. The van der Waals surface area contributed by atoms with Crippen LogP contribution in [0, 0.1) is 0 Å². The molecule has 0 atom stereocenters. The first kappa shape index (κ1) is 20.9. The first-order chi connectivity index (χ1) is 9.27. The second-order valence-corrected chi connectivity index (χ2v) is 6.91. The number of hydrogen-bond acceptors (Lipinski definition) is 2. The molecule has 0 heterocycles. The Morgan fingerprint density at radius 3 is 1.45 bits per heavy atom. The van der Waals surface area contributed by atoms with Crippen molar-refractivity contribution in [3.63, 3.8) is 0 Å². The van der Waals surface area contributed by atoms with Gasteiger partial charge in [-0.1, -0.05) is 6.58 Å². The van der Waals surface area contributed by atoms with Crippen molar-refractivity contribution >= 4 is 75.5 Å². The van der Waals surface area contributed by atoms with Gasteiger partial charge < -0.3 is 10.4 Å². The highest BCUT2D eigenvalue weighted by atomic mass is 35.5. The van der Waals surface area contributed by atoms with Crippen LogP contribution in [0.1, 0.15) is 0 Å². The Morgan fingerprint density at radius 2 is 1.25 bits per heavy atom. The smallest absolute Gasteiger partial charge is 0.243 e. The van der Waals surface area contributed by atoms with Gasteiger partial charge in [0.1, 0.15) is 0 Å². The maximum Gasteiger partial charge on any atom is 0.243 e. The fraction of sp³-hybridized carbons (Fsp3) is 0.727. The first-order valence-electron chi connectivity index (χ1n) is 5.63. The average Bonchev–Trinajstić information content (AvgIpc) is 2.47. The third-order valence-electron chi connectivity index (χ3n) is 2.42. The SMILES string of the molecule is C=CC(=O)NCCO.ClC1C(Cl)C(Cl)C(Cl)C(Cl)C1Cl. The Kier molecular flexibility index (Phi) is 11.1. The van der Waals surface area contributed by atoms with Gasteiger partial charge in [0.15, 0.2) is 0 Å². The summed E-state index contributed by atoms with van der Waals surface area (Å²) < 4.78 is 0. The van der Waals surface area contributed by atoms with Gasteiger partial charge in [0.25, 0.3) is 0 Å². The number of aliphatic hydroxyl groups excluding tert-OH is 1. The molecule has 1 amide bonds. The van der Waals surface area contributed by atoms with Gasteiger partial charge in [-0.05, 0) is 6.08 Å². The summed E-state index contributed by atoms with van der Waals surface area (Å²) in [7, 11) is 0. The molecule has 0 aromatic heterocycles. The molecule has 0 radical (unpaired) electrons. The zero-order valence-electron chi connectivity index (χ0n) is 10.3. The predicted molar refractivity (Wildman–Crippen MR) is 88.1 cm³/mol. The number of carbonyl (C=O) groups excluding carboxylic acids is 1. The predicted octanol–water partition coefficient (Wildman–Crippen LogP) is 2.93. The molecule has 9 heteroatoms. The summed E-state index contributed by atoms with van der Waals surface area (Å²) in [6.45, 7) is 3.49. The monoisotopic (exact) mass is 403 g/mol. The van der Waals surface area contributed by atoms with Gasteiger partial charge in [0, 0.05) is 6.54 Å². The number of aliphatic hydroxyl groups is 1. The summed E-state index contributed by atoms with van der Waals surface area (Å²) in [5.74, 6) is -0.251. The van der Waals surface area contributed by atoms with E-state index in [0.717, 1.165) is 6.08 Å². The van der Waals surface area contributed by atoms with Crippen molar-refractivity contribution in [3.8, 4) is 0 Å². The molecule has 1 rings (SSSR count). The molecular formula is C11H15Cl6NO2. The molecule has 0 unspecified atom stereocenters. The largest absolute Gasteiger partial charge is 0.395 e. The van der Waals surface area contributed by atoms with Crippen molar-refractivity contribution in [1.82, 2.24) is 5.32 Å². The highest BCUT2D eigenvalue weighted by Crippen LogP contribution is 2.39. The molecule has 20 heavy (non-hydrogen) atoms. The Labute approximate surface area is 148 Å². The molecule has 118 valence electrons. The summed E-state index contributed by atoms with van der Waals surface area (Å²) in [4.78, 5) is 10.2. The number of alkyl halides is 6. The highest BCUT2D eigenvalue weighted by molar-refractivity contribution is 6.45. The summed E-state index contributed by atoms with van der Waals surface area (Å²) in [5, 5.41) is 7.92. The molecule has 0 aromatic carbocycles. The van der Waals surface area contributed by atoms with Crippen molar-refractivity contribution in [2.24, 2.45) is 0 Å². The molecule has 0 aromatic rings. The van der Waals surface area contributed by atoms with Gasteiger partial charge in [-0.2, -0.15) is 0 Å². The Morgan fingerprint density at radius 1 is 0.950 bits per heavy atom. The lowest BCUT2D eigenvalue weighted by molar-refractivity contribution is -0.116. The summed E-state index contributed by atoms with van der Waals surface area (Å²) in [6, 6.07) is 0. The van der Waals surface area contributed by atoms with Gasteiger partial charge in [-0.25, -0.2) is 0 Å². The van der Waals surface area contributed by atoms with E-state index in [4.69, 9.17) is 74.7 Å². The van der Waals surface area contributed by atoms with Crippen LogP contribution in [0.3, 0.4) is 0 Å². The van der Waals surface area contributed by atoms with Crippen LogP contribution in [0.4, 0.5) is 0 Å². The maximum absolute atomic E-state index is 10.2. The van der Waals surface area contributed by atoms with Crippen LogP contribution in [0.2, 0.25) is 0 Å². The average molecular weight is 406 g/mol. The van der Waals surface area contributed by atoms with Crippen molar-refractivity contribution in [1.29, 1.82) is 0 Å². The number of amides is 1. The maximum atomic E-state index is 10.2. The van der Waals surface area contributed by atoms with E-state index in [1.165, 1.54) is 0 Å². The molecule has 0 saturated heterocycles. The first-order valence-corrected chi connectivity index (χ1v) is 8.25. The molecule has 3 nitrogen and oxygen atoms in total. The highest BCUT2D eigenvalue weighted by Gasteiger charge is 2.46. The van der Waals surface area contributed by atoms with E-state index in [9.17, 15) is 4.79 Å². The quantitative estimate of drug-likeness (QED) is 0.560. The van der Waals surface area contributed by atoms with Crippen molar-refractivity contribution < 1.29 is 9.90 Å². The summed E-state index contributed by atoms with van der Waals surface area (Å²) >= 11 is 35.3. The van der Waals surface area contributed by atoms with Crippen LogP contribution in [0.15, 0.2) is 12.7 Å². The van der Waals surface area contributed by atoms with Gasteiger partial charge >= 0.3 is 0 Å². The zero-order valence-corrected chi connectivity index (χ0v) is 14.8. The van der Waals surface area contributed by atoms with E-state index in [0.29, 0.717) is 6.54 Å². The second-order valence-electron chi connectivity index (χ2n) is 3.89. The van der Waals surface area contributed by atoms with Crippen LogP contribution < -0.4 is 5.32 Å². The van der Waals surface area contributed by atoms with E-state index in [1.807, 2.05) is 0 Å². The minimum absolute atomic E-state index is 0.0282. The minimum atomic E-state index is -0.437. The molecule has 1 aliphatic rings. The fourth-order valence-corrected chi connectivity index (χ4v) is 3.63. The Balaban J connectivity index is 0.000000396. The molecule has 1 aliphatic carbocycles. The molecule has 2 N–H and O–H groups in total. The Hall–Kier alpha value is 0.910. The third kappa shape index (κ3) is 6.35. The van der Waals surface area contributed by atoms with Crippen LogP contribution >= 0.6 is 69.6 Å². The van der Waals surface area contributed by atoms with Gasteiger partial charge in [0.05, 0.1) is 38.9 Å². The molecule has 1 saturated carbocycles. The van der Waals surface area contributed by atoms with Crippen molar-refractivity contribution in [2.45, 2.75) is 32.3 Å². The lowest BCUT2D eigenvalue weighted by Crippen LogP contribution is -2.52. The molecular weight excluding hydrogens is 391 g/mol. The lowest BCUT2D eigenvalue weighted by atomic mass is 9.97. The van der Waals surface area contributed by atoms with Gasteiger partial charge in [-0.3, -0.25) is 4.79 Å². The fourth-order valence-electron chi connectivity index (χ4n) is 1.31. The van der Waals surface area contributed by atoms with Crippen LogP contribution in [0.25, 0.3) is 0 Å². The minimum Gasteiger partial charge on any atom is -0.395 e. The number of halogens is 6. The summed E-state index contributed by atoms with van der Waals surface area (Å²) in [6.07, 6.45) is 1.16. The normalized spacial score (nSPS) is 36.5. The zero-order chi connectivity index (χ0) is 15.9. The van der Waals surface area contributed by atoms with E-state index in [-0.39, 0.29) is 12.5 Å².